The van der Waals surface area contributed by atoms with Crippen molar-refractivity contribution in [2.75, 3.05) is 47.8 Å². The van der Waals surface area contributed by atoms with E-state index in [0.29, 0.717) is 55.4 Å². The SMILES string of the molecule is CC1(C)[C@H]2CCC(CNc3nc(N4C[C@H](N)C[C@H](N)C4)nc(N4C[C@H](N)C[C@H](N)C4)n3)[C@@H]1C2. The van der Waals surface area contributed by atoms with Gasteiger partial charge >= 0.3 is 0 Å². The Balaban J connectivity index is 1.37. The predicted molar refractivity (Wildman–Crippen MR) is 132 cm³/mol. The fourth-order valence-electron chi connectivity index (χ4n) is 6.83. The first-order valence-corrected chi connectivity index (χ1v) is 12.7. The van der Waals surface area contributed by atoms with Crippen molar-refractivity contribution in [3.05, 3.63) is 0 Å². The monoisotopic (exact) mass is 458 g/mol. The van der Waals surface area contributed by atoms with Crippen molar-refractivity contribution in [3.63, 3.8) is 0 Å². The van der Waals surface area contributed by atoms with Crippen molar-refractivity contribution in [2.24, 2.45) is 46.1 Å². The minimum atomic E-state index is 0.0123. The molecule has 184 valence electrons. The highest BCUT2D eigenvalue weighted by atomic mass is 15.4. The highest BCUT2D eigenvalue weighted by molar-refractivity contribution is 5.46. The van der Waals surface area contributed by atoms with Gasteiger partial charge in [-0.3, -0.25) is 0 Å². The zero-order valence-corrected chi connectivity index (χ0v) is 20.2. The van der Waals surface area contributed by atoms with E-state index in [9.17, 15) is 0 Å². The first kappa shape index (κ1) is 23.0. The summed E-state index contributed by atoms with van der Waals surface area (Å²) >= 11 is 0. The smallest absolute Gasteiger partial charge is 0.232 e. The number of fused-ring (bicyclic) bond motifs is 2. The van der Waals surface area contributed by atoms with Crippen LogP contribution in [0.1, 0.15) is 46.0 Å². The first-order valence-electron chi connectivity index (χ1n) is 12.7. The topological polar surface area (TPSA) is 161 Å². The number of nitrogens with one attached hydrogen (secondary N) is 1. The molecule has 9 N–H and O–H groups in total. The fraction of sp³-hybridized carbons (Fsp3) is 0.870. The number of rotatable bonds is 5. The molecule has 0 aromatic carbocycles. The maximum atomic E-state index is 6.26. The first-order chi connectivity index (χ1) is 15.7. The van der Waals surface area contributed by atoms with E-state index in [1.807, 2.05) is 0 Å². The second-order valence-corrected chi connectivity index (χ2v) is 11.7. The van der Waals surface area contributed by atoms with Crippen LogP contribution < -0.4 is 38.1 Å². The Hall–Kier alpha value is -1.75. The van der Waals surface area contributed by atoms with E-state index < -0.39 is 0 Å². The number of nitrogens with two attached hydrogens (primary N) is 4. The summed E-state index contributed by atoms with van der Waals surface area (Å²) < 4.78 is 0. The van der Waals surface area contributed by atoms with E-state index in [-0.39, 0.29) is 24.2 Å². The van der Waals surface area contributed by atoms with Crippen molar-refractivity contribution in [3.8, 4) is 0 Å². The molecule has 2 saturated heterocycles. The van der Waals surface area contributed by atoms with Gasteiger partial charge in [0.25, 0.3) is 0 Å². The summed E-state index contributed by atoms with van der Waals surface area (Å²) in [7, 11) is 0. The molecule has 2 aliphatic heterocycles. The molecule has 2 bridgehead atoms. The van der Waals surface area contributed by atoms with Crippen LogP contribution in [0.15, 0.2) is 0 Å². The van der Waals surface area contributed by atoms with E-state index in [1.165, 1.54) is 19.3 Å². The van der Waals surface area contributed by atoms with Crippen molar-refractivity contribution in [1.82, 2.24) is 15.0 Å². The summed E-state index contributed by atoms with van der Waals surface area (Å²) in [6.07, 6.45) is 5.60. The van der Waals surface area contributed by atoms with E-state index in [4.69, 9.17) is 37.9 Å². The largest absolute Gasteiger partial charge is 0.354 e. The van der Waals surface area contributed by atoms with Gasteiger partial charge in [0.05, 0.1) is 0 Å². The van der Waals surface area contributed by atoms with Crippen LogP contribution in [0.4, 0.5) is 17.8 Å². The molecule has 1 aromatic heterocycles. The molecule has 1 unspecified atom stereocenters. The number of aromatic nitrogens is 3. The van der Waals surface area contributed by atoms with Crippen LogP contribution in [0.2, 0.25) is 0 Å². The second kappa shape index (κ2) is 8.79. The zero-order chi connectivity index (χ0) is 23.3. The molecule has 10 heteroatoms. The van der Waals surface area contributed by atoms with E-state index >= 15 is 0 Å². The Kier molecular flexibility index (Phi) is 6.13. The predicted octanol–water partition coefficient (Wildman–Crippen LogP) is 0.0852. The Morgan fingerprint density at radius 2 is 1.30 bits per heavy atom. The highest BCUT2D eigenvalue weighted by Gasteiger charge is 2.53. The van der Waals surface area contributed by atoms with Crippen LogP contribution in [-0.2, 0) is 0 Å². The van der Waals surface area contributed by atoms with Crippen LogP contribution in [0.5, 0.6) is 0 Å². The Bertz CT molecular complexity index is 780. The second-order valence-electron chi connectivity index (χ2n) is 11.7. The summed E-state index contributed by atoms with van der Waals surface area (Å²) in [6, 6.07) is 0.0490. The lowest BCUT2D eigenvalue weighted by Gasteiger charge is -2.60. The maximum Gasteiger partial charge on any atom is 0.232 e. The van der Waals surface area contributed by atoms with Gasteiger partial charge in [-0.2, -0.15) is 15.0 Å². The van der Waals surface area contributed by atoms with Crippen LogP contribution in [0, 0.1) is 23.2 Å². The molecule has 10 nitrogen and oxygen atoms in total. The highest BCUT2D eigenvalue weighted by Crippen LogP contribution is 2.61. The minimum absolute atomic E-state index is 0.0123. The Labute approximate surface area is 197 Å². The summed E-state index contributed by atoms with van der Waals surface area (Å²) in [6.45, 7) is 8.52. The van der Waals surface area contributed by atoms with Gasteiger partial charge in [-0.1, -0.05) is 13.8 Å². The average Bonchev–Trinajstić information content (AvgIpc) is 2.76. The van der Waals surface area contributed by atoms with Gasteiger partial charge in [0.2, 0.25) is 17.8 Å². The van der Waals surface area contributed by atoms with Crippen molar-refractivity contribution >= 4 is 17.8 Å². The third kappa shape index (κ3) is 4.62. The number of piperidine rings is 2. The summed E-state index contributed by atoms with van der Waals surface area (Å²) in [5.74, 6) is 4.22. The molecule has 33 heavy (non-hydrogen) atoms. The van der Waals surface area contributed by atoms with Crippen molar-refractivity contribution in [2.45, 2.75) is 70.1 Å². The third-order valence-corrected chi connectivity index (χ3v) is 8.73. The minimum Gasteiger partial charge on any atom is -0.354 e. The van der Waals surface area contributed by atoms with Gasteiger partial charge in [0, 0.05) is 56.9 Å². The van der Waals surface area contributed by atoms with Crippen molar-refractivity contribution < 1.29 is 0 Å². The lowest BCUT2D eigenvalue weighted by molar-refractivity contribution is -0.100. The zero-order valence-electron chi connectivity index (χ0n) is 20.2. The molecule has 5 aliphatic rings. The lowest BCUT2D eigenvalue weighted by Crippen LogP contribution is -2.54. The van der Waals surface area contributed by atoms with Gasteiger partial charge in [0.15, 0.2) is 0 Å². The van der Waals surface area contributed by atoms with Crippen molar-refractivity contribution in [1.29, 1.82) is 0 Å². The van der Waals surface area contributed by atoms with E-state index in [2.05, 4.69) is 29.0 Å². The summed E-state index contributed by atoms with van der Waals surface area (Å²) in [5, 5.41) is 3.57. The molecule has 1 aromatic rings. The number of hydrogen-bond donors (Lipinski definition) is 5. The van der Waals surface area contributed by atoms with Gasteiger partial charge in [-0.05, 0) is 55.3 Å². The molecule has 5 fully saturated rings. The Morgan fingerprint density at radius 1 is 0.788 bits per heavy atom. The van der Waals surface area contributed by atoms with Crippen LogP contribution >= 0.6 is 0 Å². The normalized spacial score (nSPS) is 38.1. The molecule has 0 spiro atoms. The molecule has 0 radical (unpaired) electrons. The molecule has 3 aliphatic carbocycles. The quantitative estimate of drug-likeness (QED) is 0.409. The lowest BCUT2D eigenvalue weighted by atomic mass is 9.45. The number of nitrogens with zero attached hydrogens (tertiary/aromatic N) is 5. The molecule has 7 atom stereocenters. The molecule has 3 saturated carbocycles. The van der Waals surface area contributed by atoms with E-state index in [1.54, 1.807) is 0 Å². The molecular weight excluding hydrogens is 416 g/mol. The van der Waals surface area contributed by atoms with Gasteiger partial charge < -0.3 is 38.1 Å². The number of anilines is 3. The molecule has 0 amide bonds. The molecular formula is C23H42N10. The van der Waals surface area contributed by atoms with Crippen LogP contribution in [0.25, 0.3) is 0 Å². The van der Waals surface area contributed by atoms with Gasteiger partial charge in [-0.25, -0.2) is 0 Å². The molecule has 6 rings (SSSR count). The number of hydrogen-bond acceptors (Lipinski definition) is 10. The van der Waals surface area contributed by atoms with Crippen LogP contribution in [0.3, 0.4) is 0 Å². The Morgan fingerprint density at radius 3 is 1.76 bits per heavy atom. The summed E-state index contributed by atoms with van der Waals surface area (Å²) in [4.78, 5) is 18.6. The van der Waals surface area contributed by atoms with E-state index in [0.717, 1.165) is 31.2 Å². The molecule has 3 heterocycles. The fourth-order valence-corrected chi connectivity index (χ4v) is 6.83. The summed E-state index contributed by atoms with van der Waals surface area (Å²) in [5.41, 5.74) is 25.5. The third-order valence-electron chi connectivity index (χ3n) is 8.73. The van der Waals surface area contributed by atoms with Gasteiger partial charge in [0.1, 0.15) is 0 Å². The van der Waals surface area contributed by atoms with Crippen LogP contribution in [-0.4, -0.2) is 71.8 Å². The van der Waals surface area contributed by atoms with Gasteiger partial charge in [-0.15, -0.1) is 0 Å². The maximum absolute atomic E-state index is 6.26. The standard InChI is InChI=1S/C23H42N10/c1-23(2)14-4-3-13(19(23)5-14)8-28-20-29-21(32-9-15(24)6-16(25)10-32)31-22(30-20)33-11-17(26)7-18(27)12-33/h13-19H,3-12,24-27H2,1-2H3,(H,28,29,30,31)/t13?,14-,15-,16+,17-,18+,19-/m0/s1. The average molecular weight is 459 g/mol.